The summed E-state index contributed by atoms with van der Waals surface area (Å²) in [5.74, 6) is 0.831. The van der Waals surface area contributed by atoms with Crippen molar-refractivity contribution in [2.75, 3.05) is 24.2 Å². The van der Waals surface area contributed by atoms with Gasteiger partial charge in [-0.05, 0) is 23.6 Å². The lowest BCUT2D eigenvalue weighted by molar-refractivity contribution is 0.560. The SMILES string of the molecule is CNc1c(Cl)ncnc1NCc1ccc(S(=O)(=O)NCC(C)C)cc1. The molecule has 0 atom stereocenters. The van der Waals surface area contributed by atoms with Gasteiger partial charge >= 0.3 is 0 Å². The maximum Gasteiger partial charge on any atom is 0.240 e. The second-order valence-corrected chi connectivity index (χ2v) is 8.01. The van der Waals surface area contributed by atoms with E-state index in [1.807, 2.05) is 13.8 Å². The third-order valence-electron chi connectivity index (χ3n) is 3.43. The van der Waals surface area contributed by atoms with E-state index in [9.17, 15) is 8.42 Å². The number of hydrogen-bond acceptors (Lipinski definition) is 6. The molecule has 3 N–H and O–H groups in total. The third-order valence-corrected chi connectivity index (χ3v) is 5.15. The number of sulfonamides is 1. The van der Waals surface area contributed by atoms with Gasteiger partial charge in [-0.2, -0.15) is 0 Å². The van der Waals surface area contributed by atoms with Gasteiger partial charge in [-0.1, -0.05) is 37.6 Å². The lowest BCUT2D eigenvalue weighted by atomic mass is 10.2. The van der Waals surface area contributed by atoms with Crippen molar-refractivity contribution in [3.63, 3.8) is 0 Å². The number of nitrogens with zero attached hydrogens (tertiary/aromatic N) is 2. The first-order valence-corrected chi connectivity index (χ1v) is 9.70. The number of hydrogen-bond donors (Lipinski definition) is 3. The second kappa shape index (κ2) is 8.46. The minimum atomic E-state index is -3.47. The molecule has 0 unspecified atom stereocenters. The first-order valence-electron chi connectivity index (χ1n) is 7.84. The van der Waals surface area contributed by atoms with Gasteiger partial charge in [0.15, 0.2) is 11.0 Å². The Kier molecular flexibility index (Phi) is 6.57. The van der Waals surface area contributed by atoms with Gasteiger partial charge in [0, 0.05) is 20.1 Å². The Morgan fingerprint density at radius 3 is 2.44 bits per heavy atom. The smallest absolute Gasteiger partial charge is 0.240 e. The van der Waals surface area contributed by atoms with Crippen molar-refractivity contribution in [3.05, 3.63) is 41.3 Å². The highest BCUT2D eigenvalue weighted by atomic mass is 35.5. The van der Waals surface area contributed by atoms with E-state index in [0.29, 0.717) is 29.7 Å². The fourth-order valence-electron chi connectivity index (χ4n) is 2.05. The van der Waals surface area contributed by atoms with Crippen LogP contribution in [0.2, 0.25) is 5.15 Å². The van der Waals surface area contributed by atoms with E-state index in [0.717, 1.165) is 5.56 Å². The molecule has 0 saturated carbocycles. The molecule has 0 aliphatic carbocycles. The zero-order chi connectivity index (χ0) is 18.4. The predicted molar refractivity (Wildman–Crippen MR) is 100 cm³/mol. The molecule has 0 aliphatic rings. The molecule has 0 amide bonds. The fourth-order valence-corrected chi connectivity index (χ4v) is 3.49. The normalized spacial score (nSPS) is 11.6. The van der Waals surface area contributed by atoms with Crippen LogP contribution < -0.4 is 15.4 Å². The molecule has 1 heterocycles. The van der Waals surface area contributed by atoms with Gasteiger partial charge in [-0.3, -0.25) is 0 Å². The minimum absolute atomic E-state index is 0.248. The Balaban J connectivity index is 2.05. The molecule has 0 saturated heterocycles. The maximum absolute atomic E-state index is 12.2. The van der Waals surface area contributed by atoms with Gasteiger partial charge in [0.2, 0.25) is 10.0 Å². The van der Waals surface area contributed by atoms with Crippen LogP contribution in [0.3, 0.4) is 0 Å². The molecule has 136 valence electrons. The van der Waals surface area contributed by atoms with Crippen LogP contribution in [-0.4, -0.2) is 32.0 Å². The summed E-state index contributed by atoms with van der Waals surface area (Å²) in [6, 6.07) is 6.70. The Hall–Kier alpha value is -1.90. The number of anilines is 2. The summed E-state index contributed by atoms with van der Waals surface area (Å²) in [6.45, 7) is 4.79. The minimum Gasteiger partial charge on any atom is -0.383 e. The maximum atomic E-state index is 12.2. The first kappa shape index (κ1) is 19.4. The highest BCUT2D eigenvalue weighted by molar-refractivity contribution is 7.89. The molecule has 2 rings (SSSR count). The highest BCUT2D eigenvalue weighted by Gasteiger charge is 2.14. The summed E-state index contributed by atoms with van der Waals surface area (Å²) < 4.78 is 27.0. The van der Waals surface area contributed by atoms with Crippen molar-refractivity contribution >= 4 is 33.1 Å². The molecule has 25 heavy (non-hydrogen) atoms. The van der Waals surface area contributed by atoms with E-state index in [4.69, 9.17) is 11.6 Å². The Morgan fingerprint density at radius 1 is 1.16 bits per heavy atom. The van der Waals surface area contributed by atoms with Crippen LogP contribution in [0.25, 0.3) is 0 Å². The molecule has 2 aromatic rings. The average Bonchev–Trinajstić information content (AvgIpc) is 2.58. The molecule has 0 spiro atoms. The van der Waals surface area contributed by atoms with E-state index in [1.54, 1.807) is 31.3 Å². The van der Waals surface area contributed by atoms with Gasteiger partial charge in [-0.15, -0.1) is 0 Å². The Labute approximate surface area is 153 Å². The third kappa shape index (κ3) is 5.29. The summed E-state index contributed by atoms with van der Waals surface area (Å²) in [4.78, 5) is 8.31. The number of halogens is 1. The largest absolute Gasteiger partial charge is 0.383 e. The molecule has 7 nitrogen and oxygen atoms in total. The van der Waals surface area contributed by atoms with Crippen molar-refractivity contribution < 1.29 is 8.42 Å². The fraction of sp³-hybridized carbons (Fsp3) is 0.375. The number of benzene rings is 1. The molecule has 1 aromatic heterocycles. The molecule has 1 aromatic carbocycles. The van der Waals surface area contributed by atoms with E-state index in [2.05, 4.69) is 25.3 Å². The van der Waals surface area contributed by atoms with Crippen LogP contribution in [-0.2, 0) is 16.6 Å². The molecule has 9 heteroatoms. The second-order valence-electron chi connectivity index (χ2n) is 5.88. The number of nitrogens with one attached hydrogen (secondary N) is 3. The first-order chi connectivity index (χ1) is 11.8. The van der Waals surface area contributed by atoms with Crippen molar-refractivity contribution in [2.24, 2.45) is 5.92 Å². The molecular formula is C16H22ClN5O2S. The summed E-state index contributed by atoms with van der Waals surface area (Å²) in [6.07, 6.45) is 1.38. The zero-order valence-corrected chi connectivity index (χ0v) is 15.9. The Morgan fingerprint density at radius 2 is 1.84 bits per heavy atom. The molecule has 0 bridgehead atoms. The van der Waals surface area contributed by atoms with Crippen LogP contribution in [0, 0.1) is 5.92 Å². The summed E-state index contributed by atoms with van der Waals surface area (Å²) in [5.41, 5.74) is 1.53. The van der Waals surface area contributed by atoms with Gasteiger partial charge in [-0.25, -0.2) is 23.1 Å². The van der Waals surface area contributed by atoms with Gasteiger partial charge < -0.3 is 10.6 Å². The van der Waals surface area contributed by atoms with E-state index in [1.165, 1.54) is 6.33 Å². The van der Waals surface area contributed by atoms with Crippen LogP contribution >= 0.6 is 11.6 Å². The summed E-state index contributed by atoms with van der Waals surface area (Å²) in [7, 11) is -1.74. The zero-order valence-electron chi connectivity index (χ0n) is 14.4. The van der Waals surface area contributed by atoms with E-state index in [-0.39, 0.29) is 10.8 Å². The monoisotopic (exact) mass is 383 g/mol. The summed E-state index contributed by atoms with van der Waals surface area (Å²) >= 11 is 6.01. The highest BCUT2D eigenvalue weighted by Crippen LogP contribution is 2.25. The van der Waals surface area contributed by atoms with Gasteiger partial charge in [0.25, 0.3) is 0 Å². The lowest BCUT2D eigenvalue weighted by Crippen LogP contribution is -2.27. The van der Waals surface area contributed by atoms with Gasteiger partial charge in [0.1, 0.15) is 12.0 Å². The predicted octanol–water partition coefficient (Wildman–Crippen LogP) is 2.72. The van der Waals surface area contributed by atoms with E-state index < -0.39 is 10.0 Å². The summed E-state index contributed by atoms with van der Waals surface area (Å²) in [5, 5.41) is 6.43. The lowest BCUT2D eigenvalue weighted by Gasteiger charge is -2.12. The number of aromatic nitrogens is 2. The average molecular weight is 384 g/mol. The standard InChI is InChI=1S/C16H22ClN5O2S/c1-11(2)8-22-25(23,24)13-6-4-12(5-7-13)9-19-16-14(18-3)15(17)20-10-21-16/h4-7,10-11,18,22H,8-9H2,1-3H3,(H,19,20,21). The van der Waals surface area contributed by atoms with Crippen molar-refractivity contribution in [1.82, 2.24) is 14.7 Å². The van der Waals surface area contributed by atoms with Crippen molar-refractivity contribution in [3.8, 4) is 0 Å². The quantitative estimate of drug-likeness (QED) is 0.606. The van der Waals surface area contributed by atoms with Crippen molar-refractivity contribution in [2.45, 2.75) is 25.3 Å². The van der Waals surface area contributed by atoms with Crippen molar-refractivity contribution in [1.29, 1.82) is 0 Å². The van der Waals surface area contributed by atoms with Crippen LogP contribution in [0.4, 0.5) is 11.5 Å². The van der Waals surface area contributed by atoms with Crippen LogP contribution in [0.5, 0.6) is 0 Å². The molecule has 0 fully saturated rings. The van der Waals surface area contributed by atoms with Crippen LogP contribution in [0.15, 0.2) is 35.5 Å². The van der Waals surface area contributed by atoms with Gasteiger partial charge in [0.05, 0.1) is 4.90 Å². The molecule has 0 radical (unpaired) electrons. The molecular weight excluding hydrogens is 362 g/mol. The molecule has 0 aliphatic heterocycles. The topological polar surface area (TPSA) is 96.0 Å². The van der Waals surface area contributed by atoms with E-state index >= 15 is 0 Å². The van der Waals surface area contributed by atoms with Crippen LogP contribution in [0.1, 0.15) is 19.4 Å². The Bertz CT molecular complexity index is 810. The number of rotatable bonds is 8.